The maximum absolute atomic E-state index is 14.0. The van der Waals surface area contributed by atoms with Crippen molar-refractivity contribution in [2.75, 3.05) is 5.32 Å². The molecule has 146 valence electrons. The third-order valence-electron chi connectivity index (χ3n) is 4.77. The van der Waals surface area contributed by atoms with Gasteiger partial charge in [-0.15, -0.1) is 0 Å². The van der Waals surface area contributed by atoms with Gasteiger partial charge in [0.25, 0.3) is 0 Å². The highest BCUT2D eigenvalue weighted by Gasteiger charge is 2.46. The van der Waals surface area contributed by atoms with Crippen LogP contribution in [0.25, 0.3) is 5.65 Å². The van der Waals surface area contributed by atoms with Crippen LogP contribution in [0.2, 0.25) is 0 Å². The molecule has 0 unspecified atom stereocenters. The van der Waals surface area contributed by atoms with Crippen LogP contribution in [0.3, 0.4) is 0 Å². The number of hydrogen-bond acceptors (Lipinski definition) is 4. The summed E-state index contributed by atoms with van der Waals surface area (Å²) in [5, 5.41) is 16.5. The van der Waals surface area contributed by atoms with E-state index >= 15 is 0 Å². The molecule has 0 atom stereocenters. The van der Waals surface area contributed by atoms with E-state index in [4.69, 9.17) is 0 Å². The molecule has 1 aliphatic carbocycles. The van der Waals surface area contributed by atoms with Gasteiger partial charge in [0.15, 0.2) is 5.65 Å². The summed E-state index contributed by atoms with van der Waals surface area (Å²) in [4.78, 5) is 15.5. The predicted octanol–water partition coefficient (Wildman–Crippen LogP) is 4.00. The van der Waals surface area contributed by atoms with Crippen LogP contribution in [0.1, 0.15) is 40.0 Å². The fraction of sp³-hybridized carbons (Fsp3) is 0.278. The zero-order valence-electron chi connectivity index (χ0n) is 14.5. The molecule has 28 heavy (non-hydrogen) atoms. The zero-order valence-corrected chi connectivity index (χ0v) is 14.5. The monoisotopic (exact) mass is 394 g/mol. The Balaban J connectivity index is 1.74. The molecule has 3 aromatic rings. The first-order chi connectivity index (χ1) is 13.1. The molecular formula is C18H14F4N4O2. The minimum atomic E-state index is -4.76. The lowest BCUT2D eigenvalue weighted by Gasteiger charge is -2.21. The summed E-state index contributed by atoms with van der Waals surface area (Å²) in [6.07, 6.45) is -2.43. The van der Waals surface area contributed by atoms with Gasteiger partial charge in [0, 0.05) is 11.8 Å². The van der Waals surface area contributed by atoms with E-state index in [1.807, 2.05) is 0 Å². The topological polar surface area (TPSA) is 79.5 Å². The third kappa shape index (κ3) is 2.94. The van der Waals surface area contributed by atoms with Crippen LogP contribution in [0.4, 0.5) is 23.4 Å². The van der Waals surface area contributed by atoms with Crippen molar-refractivity contribution in [3.63, 3.8) is 0 Å². The minimum absolute atomic E-state index is 0.0721. The molecule has 2 N–H and O–H groups in total. The van der Waals surface area contributed by atoms with Gasteiger partial charge in [-0.2, -0.15) is 22.8 Å². The number of hydrogen-bond donors (Lipinski definition) is 2. The van der Waals surface area contributed by atoms with E-state index in [-0.39, 0.29) is 11.2 Å². The zero-order chi connectivity index (χ0) is 20.3. The van der Waals surface area contributed by atoms with Crippen molar-refractivity contribution in [1.82, 2.24) is 14.6 Å². The number of rotatable bonds is 4. The molecule has 6 nitrogen and oxygen atoms in total. The van der Waals surface area contributed by atoms with Crippen molar-refractivity contribution >= 4 is 17.4 Å². The fourth-order valence-corrected chi connectivity index (χ4v) is 3.22. The Morgan fingerprint density at radius 1 is 1.29 bits per heavy atom. The first-order valence-electron chi connectivity index (χ1n) is 8.35. The second kappa shape index (κ2) is 5.91. The largest absolute Gasteiger partial charge is 0.477 e. The van der Waals surface area contributed by atoms with E-state index in [1.54, 1.807) is 13.0 Å². The Kier molecular flexibility index (Phi) is 3.84. The molecule has 1 aromatic carbocycles. The van der Waals surface area contributed by atoms with Crippen molar-refractivity contribution in [2.24, 2.45) is 0 Å². The van der Waals surface area contributed by atoms with E-state index in [2.05, 4.69) is 15.4 Å². The number of alkyl halides is 3. The molecule has 2 heterocycles. The van der Waals surface area contributed by atoms with Gasteiger partial charge in [0.1, 0.15) is 17.2 Å². The minimum Gasteiger partial charge on any atom is -0.477 e. The molecule has 0 spiro atoms. The Labute approximate surface area is 155 Å². The van der Waals surface area contributed by atoms with Crippen LogP contribution in [0.15, 0.2) is 30.5 Å². The standard InChI is InChI=1S/C18H14F4N4O2/c1-9-6-14(26-15(24-9)11(8-23-26)16(27)28)25-17(4-5-17)10-2-3-12(13(19)7-10)18(20,21)22/h2-3,6-8,25H,4-5H2,1H3,(H,27,28). The molecule has 0 bridgehead atoms. The van der Waals surface area contributed by atoms with Crippen LogP contribution in [0.5, 0.6) is 0 Å². The van der Waals surface area contributed by atoms with E-state index < -0.39 is 29.1 Å². The molecule has 1 fully saturated rings. The summed E-state index contributed by atoms with van der Waals surface area (Å²) < 4.78 is 53.7. The van der Waals surface area contributed by atoms with E-state index in [0.717, 1.165) is 12.1 Å². The van der Waals surface area contributed by atoms with Gasteiger partial charge >= 0.3 is 12.1 Å². The van der Waals surface area contributed by atoms with E-state index in [0.29, 0.717) is 29.9 Å². The Hall–Kier alpha value is -3.17. The number of nitrogens with one attached hydrogen (secondary N) is 1. The number of aromatic carboxylic acids is 1. The predicted molar refractivity (Wildman–Crippen MR) is 90.6 cm³/mol. The van der Waals surface area contributed by atoms with Crippen LogP contribution >= 0.6 is 0 Å². The molecule has 10 heteroatoms. The van der Waals surface area contributed by atoms with Crippen LogP contribution in [-0.4, -0.2) is 25.7 Å². The van der Waals surface area contributed by atoms with Crippen LogP contribution < -0.4 is 5.32 Å². The second-order valence-electron chi connectivity index (χ2n) is 6.78. The van der Waals surface area contributed by atoms with Gasteiger partial charge in [-0.3, -0.25) is 0 Å². The molecule has 0 saturated heterocycles. The van der Waals surface area contributed by atoms with Crippen molar-refractivity contribution in [1.29, 1.82) is 0 Å². The van der Waals surface area contributed by atoms with E-state index in [9.17, 15) is 27.5 Å². The van der Waals surface area contributed by atoms with E-state index in [1.165, 1.54) is 16.8 Å². The number of carboxylic acids is 1. The van der Waals surface area contributed by atoms with Crippen molar-refractivity contribution in [3.8, 4) is 0 Å². The third-order valence-corrected chi connectivity index (χ3v) is 4.77. The van der Waals surface area contributed by atoms with Crippen molar-refractivity contribution in [3.05, 3.63) is 58.7 Å². The lowest BCUT2D eigenvalue weighted by molar-refractivity contribution is -0.140. The normalized spacial score (nSPS) is 15.6. The molecule has 1 saturated carbocycles. The molecule has 0 aliphatic heterocycles. The number of aryl methyl sites for hydroxylation is 1. The summed E-state index contributed by atoms with van der Waals surface area (Å²) >= 11 is 0. The quantitative estimate of drug-likeness (QED) is 0.654. The Morgan fingerprint density at radius 3 is 2.57 bits per heavy atom. The SMILES string of the molecule is Cc1cc(NC2(c3ccc(C(F)(F)F)c(F)c3)CC2)n2ncc(C(=O)O)c2n1. The fourth-order valence-electron chi connectivity index (χ4n) is 3.22. The Bertz CT molecular complexity index is 1100. The Morgan fingerprint density at radius 2 is 2.00 bits per heavy atom. The summed E-state index contributed by atoms with van der Waals surface area (Å²) in [5.41, 5.74) is -1.08. The molecule has 0 amide bonds. The first kappa shape index (κ1) is 18.2. The summed E-state index contributed by atoms with van der Waals surface area (Å²) in [5.74, 6) is -2.08. The lowest BCUT2D eigenvalue weighted by atomic mass is 10.0. The first-order valence-corrected chi connectivity index (χ1v) is 8.35. The number of benzene rings is 1. The lowest BCUT2D eigenvalue weighted by Crippen LogP contribution is -2.22. The summed E-state index contributed by atoms with van der Waals surface area (Å²) in [6.45, 7) is 1.68. The van der Waals surface area contributed by atoms with Crippen LogP contribution in [0, 0.1) is 12.7 Å². The van der Waals surface area contributed by atoms with Gasteiger partial charge < -0.3 is 10.4 Å². The maximum Gasteiger partial charge on any atom is 0.419 e. The van der Waals surface area contributed by atoms with Crippen molar-refractivity contribution < 1.29 is 27.5 Å². The number of aromatic nitrogens is 3. The average Bonchev–Trinajstić information content (AvgIpc) is 3.23. The smallest absolute Gasteiger partial charge is 0.419 e. The number of carbonyl (C=O) groups is 1. The number of nitrogens with zero attached hydrogens (tertiary/aromatic N) is 3. The highest BCUT2D eigenvalue weighted by molar-refractivity contribution is 5.94. The van der Waals surface area contributed by atoms with Gasteiger partial charge in [-0.05, 0) is 37.5 Å². The van der Waals surface area contributed by atoms with Gasteiger partial charge in [-0.1, -0.05) is 6.07 Å². The van der Waals surface area contributed by atoms with Gasteiger partial charge in [0.2, 0.25) is 0 Å². The highest BCUT2D eigenvalue weighted by atomic mass is 19.4. The van der Waals surface area contributed by atoms with Crippen molar-refractivity contribution in [2.45, 2.75) is 31.5 Å². The highest BCUT2D eigenvalue weighted by Crippen LogP contribution is 2.49. The van der Waals surface area contributed by atoms with Gasteiger partial charge in [-0.25, -0.2) is 14.2 Å². The molecule has 2 aromatic heterocycles. The molecule has 0 radical (unpaired) electrons. The molecular weight excluding hydrogens is 380 g/mol. The number of halogens is 4. The average molecular weight is 394 g/mol. The second-order valence-corrected chi connectivity index (χ2v) is 6.78. The summed E-state index contributed by atoms with van der Waals surface area (Å²) in [7, 11) is 0. The number of fused-ring (bicyclic) bond motifs is 1. The number of anilines is 1. The van der Waals surface area contributed by atoms with Crippen LogP contribution in [-0.2, 0) is 11.7 Å². The summed E-state index contributed by atoms with van der Waals surface area (Å²) in [6, 6.07) is 4.52. The van der Waals surface area contributed by atoms with Gasteiger partial charge in [0.05, 0.1) is 17.3 Å². The maximum atomic E-state index is 14.0. The molecule has 1 aliphatic rings. The molecule has 4 rings (SSSR count). The number of carboxylic acid groups (broad SMARTS) is 1.